The normalized spacial score (nSPS) is 17.9. The lowest BCUT2D eigenvalue weighted by atomic mass is 10.1. The molecule has 1 heterocycles. The van der Waals surface area contributed by atoms with E-state index in [-0.39, 0.29) is 12.1 Å². The maximum atomic E-state index is 6.26. The van der Waals surface area contributed by atoms with E-state index >= 15 is 0 Å². The number of aliphatic imine (C=N–C) groups is 1. The van der Waals surface area contributed by atoms with Gasteiger partial charge < -0.3 is 19.7 Å². The zero-order valence-corrected chi connectivity index (χ0v) is 17.1. The van der Waals surface area contributed by atoms with Crippen LogP contribution in [0.4, 0.5) is 5.69 Å². The fourth-order valence-corrected chi connectivity index (χ4v) is 3.39. The van der Waals surface area contributed by atoms with Gasteiger partial charge in [-0.2, -0.15) is 0 Å². The molecule has 0 aromatic heterocycles. The first-order chi connectivity index (χ1) is 13.7. The van der Waals surface area contributed by atoms with Gasteiger partial charge in [-0.15, -0.1) is 0 Å². The van der Waals surface area contributed by atoms with E-state index in [0.29, 0.717) is 0 Å². The summed E-state index contributed by atoms with van der Waals surface area (Å²) >= 11 is 0. The van der Waals surface area contributed by atoms with Crippen molar-refractivity contribution in [3.8, 4) is 11.5 Å². The predicted molar refractivity (Wildman–Crippen MR) is 116 cm³/mol. The van der Waals surface area contributed by atoms with E-state index in [1.165, 1.54) is 5.56 Å². The molecular weight excluding hydrogens is 350 g/mol. The van der Waals surface area contributed by atoms with Crippen molar-refractivity contribution >= 4 is 11.9 Å². The number of nitrogens with zero attached hydrogens (tertiary/aromatic N) is 2. The van der Waals surface area contributed by atoms with Gasteiger partial charge in [-0.1, -0.05) is 24.3 Å². The number of allylic oxidation sites excluding steroid dienone is 1. The first-order valence-electron chi connectivity index (χ1n) is 9.71. The summed E-state index contributed by atoms with van der Waals surface area (Å²) in [5, 5.41) is 3.60. The van der Waals surface area contributed by atoms with Crippen molar-refractivity contribution in [2.75, 3.05) is 25.1 Å². The number of benzene rings is 2. The minimum absolute atomic E-state index is 0.0185. The van der Waals surface area contributed by atoms with Crippen LogP contribution in [0.15, 0.2) is 65.4 Å². The third kappa shape index (κ3) is 4.54. The standard InChI is InChI=1S/C23H29N3O2/c1-5-23(24-6-2)26-16-20(28-22-13-8-7-12-21(22)26)15-25-17(3)18-10-9-11-19(14-18)27-4/h5-14,17,20,25H,15-16H2,1-4H3/b23-5+,24-6-/t17-,20?/m1/s1. The van der Waals surface area contributed by atoms with Crippen molar-refractivity contribution in [3.63, 3.8) is 0 Å². The molecule has 1 unspecified atom stereocenters. The number of anilines is 1. The molecule has 0 fully saturated rings. The van der Waals surface area contributed by atoms with Crippen molar-refractivity contribution in [3.05, 3.63) is 66.0 Å². The highest BCUT2D eigenvalue weighted by atomic mass is 16.5. The molecule has 0 bridgehead atoms. The molecule has 0 saturated carbocycles. The van der Waals surface area contributed by atoms with E-state index in [0.717, 1.165) is 36.1 Å². The van der Waals surface area contributed by atoms with Gasteiger partial charge in [0.15, 0.2) is 0 Å². The SMILES string of the molecule is C/C=N\C(=C/C)N1CC(CN[C@H](C)c2cccc(OC)c2)Oc2ccccc21. The van der Waals surface area contributed by atoms with Crippen molar-refractivity contribution in [1.82, 2.24) is 5.32 Å². The largest absolute Gasteiger partial charge is 0.497 e. The molecule has 2 atom stereocenters. The van der Waals surface area contributed by atoms with Crippen LogP contribution in [0.1, 0.15) is 32.4 Å². The van der Waals surface area contributed by atoms with Gasteiger partial charge in [0.05, 0.1) is 19.3 Å². The lowest BCUT2D eigenvalue weighted by Gasteiger charge is -2.36. The Kier molecular flexibility index (Phi) is 6.71. The van der Waals surface area contributed by atoms with Gasteiger partial charge in [-0.25, -0.2) is 4.99 Å². The van der Waals surface area contributed by atoms with E-state index in [1.54, 1.807) is 7.11 Å². The van der Waals surface area contributed by atoms with E-state index in [9.17, 15) is 0 Å². The Hall–Kier alpha value is -2.79. The van der Waals surface area contributed by atoms with Crippen LogP contribution in [-0.2, 0) is 0 Å². The number of para-hydroxylation sites is 2. The van der Waals surface area contributed by atoms with Gasteiger partial charge in [0.25, 0.3) is 0 Å². The molecule has 0 saturated heterocycles. The molecule has 28 heavy (non-hydrogen) atoms. The van der Waals surface area contributed by atoms with Crippen LogP contribution in [0.5, 0.6) is 11.5 Å². The molecule has 2 aromatic carbocycles. The van der Waals surface area contributed by atoms with Crippen LogP contribution in [0.2, 0.25) is 0 Å². The Bertz CT molecular complexity index is 847. The van der Waals surface area contributed by atoms with Crippen molar-refractivity contribution in [1.29, 1.82) is 0 Å². The highest BCUT2D eigenvalue weighted by Gasteiger charge is 2.27. The maximum Gasteiger partial charge on any atom is 0.143 e. The Morgan fingerprint density at radius 1 is 1.29 bits per heavy atom. The van der Waals surface area contributed by atoms with Crippen molar-refractivity contribution in [2.45, 2.75) is 32.9 Å². The molecule has 0 aliphatic carbocycles. The molecule has 148 valence electrons. The minimum atomic E-state index is 0.0185. The lowest BCUT2D eigenvalue weighted by molar-refractivity contribution is 0.188. The molecule has 5 heteroatoms. The first kappa shape index (κ1) is 20.0. The monoisotopic (exact) mass is 379 g/mol. The summed E-state index contributed by atoms with van der Waals surface area (Å²) in [6.07, 6.45) is 3.88. The quantitative estimate of drug-likeness (QED) is 0.716. The highest BCUT2D eigenvalue weighted by Crippen LogP contribution is 2.35. The van der Waals surface area contributed by atoms with Crippen LogP contribution in [0.3, 0.4) is 0 Å². The van der Waals surface area contributed by atoms with Gasteiger partial charge in [-0.05, 0) is 56.7 Å². The molecule has 0 radical (unpaired) electrons. The highest BCUT2D eigenvalue weighted by molar-refractivity contribution is 5.65. The van der Waals surface area contributed by atoms with Crippen LogP contribution < -0.4 is 19.7 Å². The number of nitrogens with one attached hydrogen (secondary N) is 1. The third-order valence-electron chi connectivity index (χ3n) is 4.88. The van der Waals surface area contributed by atoms with Crippen molar-refractivity contribution < 1.29 is 9.47 Å². The second-order valence-corrected chi connectivity index (χ2v) is 6.76. The minimum Gasteiger partial charge on any atom is -0.497 e. The summed E-state index contributed by atoms with van der Waals surface area (Å²) in [6, 6.07) is 16.5. The fourth-order valence-electron chi connectivity index (χ4n) is 3.39. The Morgan fingerprint density at radius 3 is 2.86 bits per heavy atom. The van der Waals surface area contributed by atoms with Crippen LogP contribution in [0.25, 0.3) is 0 Å². The Balaban J connectivity index is 1.73. The molecule has 1 aliphatic heterocycles. The average Bonchev–Trinajstić information content (AvgIpc) is 2.75. The molecule has 5 nitrogen and oxygen atoms in total. The molecule has 0 amide bonds. The summed E-state index contributed by atoms with van der Waals surface area (Å²) < 4.78 is 11.6. The Morgan fingerprint density at radius 2 is 2.11 bits per heavy atom. The number of ether oxygens (including phenoxy) is 2. The van der Waals surface area contributed by atoms with Crippen LogP contribution in [0, 0.1) is 0 Å². The predicted octanol–water partition coefficient (Wildman–Crippen LogP) is 4.57. The van der Waals surface area contributed by atoms with Crippen molar-refractivity contribution in [2.24, 2.45) is 4.99 Å². The number of hydrogen-bond acceptors (Lipinski definition) is 5. The fraction of sp³-hybridized carbons (Fsp3) is 0.348. The summed E-state index contributed by atoms with van der Waals surface area (Å²) in [6.45, 7) is 7.58. The molecule has 2 aromatic rings. The van der Waals surface area contributed by atoms with Crippen LogP contribution >= 0.6 is 0 Å². The zero-order valence-electron chi connectivity index (χ0n) is 17.1. The second kappa shape index (κ2) is 9.42. The number of hydrogen-bond donors (Lipinski definition) is 1. The Labute approximate surface area is 167 Å². The summed E-state index contributed by atoms with van der Waals surface area (Å²) in [5.74, 6) is 2.69. The third-order valence-corrected chi connectivity index (χ3v) is 4.88. The first-order valence-corrected chi connectivity index (χ1v) is 9.71. The van der Waals surface area contributed by atoms with E-state index in [2.05, 4.69) is 40.3 Å². The lowest BCUT2D eigenvalue weighted by Crippen LogP contribution is -2.45. The molecule has 1 aliphatic rings. The zero-order chi connectivity index (χ0) is 19.9. The second-order valence-electron chi connectivity index (χ2n) is 6.76. The summed E-state index contributed by atoms with van der Waals surface area (Å²) in [5.41, 5.74) is 2.25. The number of rotatable bonds is 7. The number of fused-ring (bicyclic) bond motifs is 1. The average molecular weight is 380 g/mol. The molecule has 3 rings (SSSR count). The molecule has 0 spiro atoms. The van der Waals surface area contributed by atoms with E-state index in [1.807, 2.05) is 56.5 Å². The number of methoxy groups -OCH3 is 1. The van der Waals surface area contributed by atoms with Crippen LogP contribution in [-0.4, -0.2) is 32.5 Å². The topological polar surface area (TPSA) is 46.1 Å². The summed E-state index contributed by atoms with van der Waals surface area (Å²) in [4.78, 5) is 6.76. The summed E-state index contributed by atoms with van der Waals surface area (Å²) in [7, 11) is 1.69. The van der Waals surface area contributed by atoms with E-state index in [4.69, 9.17) is 9.47 Å². The molecule has 1 N–H and O–H groups in total. The smallest absolute Gasteiger partial charge is 0.143 e. The molecular formula is C23H29N3O2. The van der Waals surface area contributed by atoms with Gasteiger partial charge in [0.2, 0.25) is 0 Å². The van der Waals surface area contributed by atoms with Gasteiger partial charge in [0.1, 0.15) is 23.4 Å². The van der Waals surface area contributed by atoms with E-state index < -0.39 is 0 Å². The van der Waals surface area contributed by atoms with Gasteiger partial charge >= 0.3 is 0 Å². The van der Waals surface area contributed by atoms with Gasteiger partial charge in [0, 0.05) is 18.8 Å². The maximum absolute atomic E-state index is 6.26. The van der Waals surface area contributed by atoms with Gasteiger partial charge in [-0.3, -0.25) is 0 Å².